The number of ether oxygens (including phenoxy) is 1. The van der Waals surface area contributed by atoms with Crippen LogP contribution in [0, 0.1) is 11.8 Å². The van der Waals surface area contributed by atoms with Gasteiger partial charge < -0.3 is 10.5 Å². The van der Waals surface area contributed by atoms with Crippen molar-refractivity contribution >= 4 is 5.84 Å². The molecule has 0 bridgehead atoms. The quantitative estimate of drug-likeness (QED) is 0.524. The van der Waals surface area contributed by atoms with Gasteiger partial charge in [0, 0.05) is 13.0 Å². The molecule has 2 N–H and O–H groups in total. The second kappa shape index (κ2) is 5.97. The molecule has 0 aliphatic heterocycles. The van der Waals surface area contributed by atoms with E-state index in [9.17, 15) is 0 Å². The lowest BCUT2D eigenvalue weighted by molar-refractivity contribution is 0.165. The Hall–Kier alpha value is -0.570. The van der Waals surface area contributed by atoms with Gasteiger partial charge in [-0.1, -0.05) is 27.7 Å². The number of amidine groups is 1. The van der Waals surface area contributed by atoms with Gasteiger partial charge in [-0.3, -0.25) is 4.99 Å². The van der Waals surface area contributed by atoms with Gasteiger partial charge in [0.2, 0.25) is 0 Å². The average Bonchev–Trinajstić information content (AvgIpc) is 2.03. The Morgan fingerprint density at radius 3 is 2.15 bits per heavy atom. The van der Waals surface area contributed by atoms with Gasteiger partial charge in [0.25, 0.3) is 0 Å². The molecule has 1 unspecified atom stereocenters. The predicted octanol–water partition coefficient (Wildman–Crippen LogP) is 1.67. The Kier molecular flexibility index (Phi) is 5.71. The molecule has 13 heavy (non-hydrogen) atoms. The lowest BCUT2D eigenvalue weighted by Gasteiger charge is -2.17. The van der Waals surface area contributed by atoms with Crippen LogP contribution in [-0.2, 0) is 4.74 Å². The molecule has 0 aromatic heterocycles. The molecule has 0 amide bonds. The first-order valence-corrected chi connectivity index (χ1v) is 4.81. The Balaban J connectivity index is 4.30. The molecule has 1 atom stereocenters. The summed E-state index contributed by atoms with van der Waals surface area (Å²) in [5.74, 6) is 1.51. The number of hydrogen-bond acceptors (Lipinski definition) is 2. The van der Waals surface area contributed by atoms with E-state index in [2.05, 4.69) is 18.8 Å². The largest absolute Gasteiger partial charge is 0.387 e. The van der Waals surface area contributed by atoms with Gasteiger partial charge in [0.1, 0.15) is 0 Å². The van der Waals surface area contributed by atoms with Crippen molar-refractivity contribution in [1.29, 1.82) is 0 Å². The molecule has 78 valence electrons. The second-order valence-electron chi connectivity index (χ2n) is 3.98. The van der Waals surface area contributed by atoms with Crippen LogP contribution in [0.25, 0.3) is 0 Å². The monoisotopic (exact) mass is 186 g/mol. The molecule has 0 saturated carbocycles. The number of rotatable bonds is 5. The van der Waals surface area contributed by atoms with Crippen LogP contribution in [0.5, 0.6) is 0 Å². The summed E-state index contributed by atoms with van der Waals surface area (Å²) < 4.78 is 5.08. The molecule has 0 aromatic rings. The van der Waals surface area contributed by atoms with E-state index in [1.165, 1.54) is 0 Å². The van der Waals surface area contributed by atoms with Crippen molar-refractivity contribution < 1.29 is 4.74 Å². The van der Waals surface area contributed by atoms with E-state index < -0.39 is 0 Å². The summed E-state index contributed by atoms with van der Waals surface area (Å²) >= 11 is 0. The van der Waals surface area contributed by atoms with E-state index in [-0.39, 0.29) is 6.04 Å². The van der Waals surface area contributed by atoms with Crippen molar-refractivity contribution in [2.24, 2.45) is 22.6 Å². The zero-order valence-electron chi connectivity index (χ0n) is 9.37. The molecular weight excluding hydrogens is 164 g/mol. The third-order valence-corrected chi connectivity index (χ3v) is 2.01. The van der Waals surface area contributed by atoms with E-state index >= 15 is 0 Å². The highest BCUT2D eigenvalue weighted by Gasteiger charge is 2.12. The van der Waals surface area contributed by atoms with E-state index in [1.54, 1.807) is 7.11 Å². The van der Waals surface area contributed by atoms with Gasteiger partial charge in [-0.15, -0.1) is 0 Å². The van der Waals surface area contributed by atoms with E-state index in [0.717, 1.165) is 5.84 Å². The van der Waals surface area contributed by atoms with Crippen LogP contribution >= 0.6 is 0 Å². The van der Waals surface area contributed by atoms with E-state index in [4.69, 9.17) is 10.5 Å². The molecule has 3 nitrogen and oxygen atoms in total. The highest BCUT2D eigenvalue weighted by Crippen LogP contribution is 2.08. The molecule has 0 aliphatic carbocycles. The fourth-order valence-corrected chi connectivity index (χ4v) is 0.890. The average molecular weight is 186 g/mol. The minimum atomic E-state index is 0.187. The number of nitrogens with zero attached hydrogens (tertiary/aromatic N) is 1. The summed E-state index contributed by atoms with van der Waals surface area (Å²) in [5.41, 5.74) is 5.78. The van der Waals surface area contributed by atoms with Crippen LogP contribution < -0.4 is 5.73 Å². The van der Waals surface area contributed by atoms with E-state index in [1.807, 2.05) is 13.8 Å². The van der Waals surface area contributed by atoms with Crippen molar-refractivity contribution in [3.8, 4) is 0 Å². The minimum absolute atomic E-state index is 0.187. The maximum absolute atomic E-state index is 5.78. The van der Waals surface area contributed by atoms with Crippen LogP contribution in [0.15, 0.2) is 4.99 Å². The summed E-state index contributed by atoms with van der Waals surface area (Å²) in [4.78, 5) is 4.43. The molecule has 0 aromatic carbocycles. The minimum Gasteiger partial charge on any atom is -0.387 e. The molecule has 0 heterocycles. The third kappa shape index (κ3) is 4.88. The van der Waals surface area contributed by atoms with Crippen molar-refractivity contribution in [3.05, 3.63) is 0 Å². The number of aliphatic imine (C=N–C) groups is 1. The first-order chi connectivity index (χ1) is 5.99. The second-order valence-corrected chi connectivity index (χ2v) is 3.98. The lowest BCUT2D eigenvalue weighted by Crippen LogP contribution is -2.27. The first kappa shape index (κ1) is 12.4. The molecule has 0 saturated heterocycles. The smallest absolute Gasteiger partial charge is 0.0967 e. The van der Waals surface area contributed by atoms with Crippen molar-refractivity contribution in [3.63, 3.8) is 0 Å². The topological polar surface area (TPSA) is 47.6 Å². The van der Waals surface area contributed by atoms with Crippen molar-refractivity contribution in [1.82, 2.24) is 0 Å². The molecule has 0 fully saturated rings. The lowest BCUT2D eigenvalue weighted by atomic mass is 10.1. The van der Waals surface area contributed by atoms with Gasteiger partial charge >= 0.3 is 0 Å². The summed E-state index contributed by atoms with van der Waals surface area (Å²) in [5, 5.41) is 0. The van der Waals surface area contributed by atoms with Gasteiger partial charge in [0.05, 0.1) is 18.5 Å². The normalized spacial score (nSPS) is 15.5. The van der Waals surface area contributed by atoms with Crippen molar-refractivity contribution in [2.75, 3.05) is 13.7 Å². The molecular formula is C10H22N2O. The Bertz CT molecular complexity index is 164. The molecule has 3 heteroatoms. The Morgan fingerprint density at radius 1 is 1.31 bits per heavy atom. The first-order valence-electron chi connectivity index (χ1n) is 4.81. The Morgan fingerprint density at radius 2 is 1.85 bits per heavy atom. The summed E-state index contributed by atoms with van der Waals surface area (Å²) in [6, 6.07) is 0.187. The Labute approximate surface area is 81.4 Å². The SMILES string of the molecule is COCC(N=C(N)C(C)C)C(C)C. The van der Waals surface area contributed by atoms with Gasteiger partial charge in [-0.05, 0) is 5.92 Å². The van der Waals surface area contributed by atoms with Crippen molar-refractivity contribution in [2.45, 2.75) is 33.7 Å². The van der Waals surface area contributed by atoms with Crippen LogP contribution in [0.2, 0.25) is 0 Å². The van der Waals surface area contributed by atoms with E-state index in [0.29, 0.717) is 18.4 Å². The molecule has 0 spiro atoms. The van der Waals surface area contributed by atoms with Gasteiger partial charge in [-0.25, -0.2) is 0 Å². The van der Waals surface area contributed by atoms with Crippen LogP contribution in [0.1, 0.15) is 27.7 Å². The maximum Gasteiger partial charge on any atom is 0.0967 e. The van der Waals surface area contributed by atoms with Crippen LogP contribution in [-0.4, -0.2) is 25.6 Å². The fourth-order valence-electron chi connectivity index (χ4n) is 0.890. The zero-order chi connectivity index (χ0) is 10.4. The summed E-state index contributed by atoms with van der Waals surface area (Å²) in [6.45, 7) is 8.98. The summed E-state index contributed by atoms with van der Waals surface area (Å²) in [7, 11) is 1.69. The van der Waals surface area contributed by atoms with Gasteiger partial charge in [0.15, 0.2) is 0 Å². The van der Waals surface area contributed by atoms with Crippen LogP contribution in [0.4, 0.5) is 0 Å². The predicted molar refractivity (Wildman–Crippen MR) is 57.0 cm³/mol. The van der Waals surface area contributed by atoms with Gasteiger partial charge in [-0.2, -0.15) is 0 Å². The standard InChI is InChI=1S/C10H22N2O/c1-7(2)9(6-13-5)12-10(11)8(3)4/h7-9H,6H2,1-5H3,(H2,11,12). The third-order valence-electron chi connectivity index (χ3n) is 2.01. The number of nitrogens with two attached hydrogens (primary N) is 1. The number of hydrogen-bond donors (Lipinski definition) is 1. The number of methoxy groups -OCH3 is 1. The van der Waals surface area contributed by atoms with Crippen LogP contribution in [0.3, 0.4) is 0 Å². The fraction of sp³-hybridized carbons (Fsp3) is 0.900. The molecule has 0 radical (unpaired) electrons. The molecule has 0 rings (SSSR count). The maximum atomic E-state index is 5.78. The highest BCUT2D eigenvalue weighted by atomic mass is 16.5. The molecule has 0 aliphatic rings. The highest BCUT2D eigenvalue weighted by molar-refractivity contribution is 5.82. The summed E-state index contributed by atoms with van der Waals surface area (Å²) in [6.07, 6.45) is 0. The zero-order valence-corrected chi connectivity index (χ0v) is 9.37.